The molecular formula is C18H22N4O2S. The zero-order chi connectivity index (χ0) is 18.2. The molecule has 0 saturated carbocycles. The third kappa shape index (κ3) is 5.36. The summed E-state index contributed by atoms with van der Waals surface area (Å²) in [4.78, 5) is 2.04. The normalized spacial score (nSPS) is 10.4. The lowest BCUT2D eigenvalue weighted by Gasteiger charge is -2.12. The first-order valence-electron chi connectivity index (χ1n) is 7.63. The zero-order valence-electron chi connectivity index (χ0n) is 14.7. The number of rotatable bonds is 6. The number of hydrazone groups is 1. The van der Waals surface area contributed by atoms with Crippen LogP contribution in [-0.2, 0) is 0 Å². The fourth-order valence-corrected chi connectivity index (χ4v) is 2.27. The Balaban J connectivity index is 1.92. The predicted molar refractivity (Wildman–Crippen MR) is 107 cm³/mol. The number of benzene rings is 2. The van der Waals surface area contributed by atoms with Crippen LogP contribution in [0.5, 0.6) is 11.5 Å². The molecule has 0 aromatic heterocycles. The van der Waals surface area contributed by atoms with Crippen LogP contribution in [0.1, 0.15) is 5.56 Å². The molecule has 0 aliphatic carbocycles. The molecule has 2 N–H and O–H groups in total. The molecule has 0 aliphatic rings. The van der Waals surface area contributed by atoms with Crippen LogP contribution in [0.15, 0.2) is 47.6 Å². The van der Waals surface area contributed by atoms with Gasteiger partial charge in [-0.15, -0.1) is 0 Å². The Morgan fingerprint density at radius 2 is 1.72 bits per heavy atom. The lowest BCUT2D eigenvalue weighted by Crippen LogP contribution is -2.23. The molecule has 0 bridgehead atoms. The van der Waals surface area contributed by atoms with Gasteiger partial charge in [0, 0.05) is 31.5 Å². The smallest absolute Gasteiger partial charge is 0.191 e. The summed E-state index contributed by atoms with van der Waals surface area (Å²) in [5.41, 5.74) is 5.68. The van der Waals surface area contributed by atoms with Crippen LogP contribution in [0.3, 0.4) is 0 Å². The predicted octanol–water partition coefficient (Wildman–Crippen LogP) is 3.09. The van der Waals surface area contributed by atoms with Crippen molar-refractivity contribution in [3.8, 4) is 11.5 Å². The van der Waals surface area contributed by atoms with E-state index in [2.05, 4.69) is 15.8 Å². The summed E-state index contributed by atoms with van der Waals surface area (Å²) in [6.07, 6.45) is 1.71. The summed E-state index contributed by atoms with van der Waals surface area (Å²) in [7, 11) is 7.19. The summed E-state index contributed by atoms with van der Waals surface area (Å²) < 4.78 is 10.5. The van der Waals surface area contributed by atoms with Crippen LogP contribution in [0, 0.1) is 0 Å². The van der Waals surface area contributed by atoms with Gasteiger partial charge in [0.1, 0.15) is 0 Å². The first-order valence-corrected chi connectivity index (χ1v) is 8.04. The van der Waals surface area contributed by atoms with E-state index in [0.717, 1.165) is 16.9 Å². The fraction of sp³-hybridized carbons (Fsp3) is 0.222. The Hall–Kier alpha value is -2.80. The molecule has 132 valence electrons. The third-order valence-corrected chi connectivity index (χ3v) is 3.62. The van der Waals surface area contributed by atoms with Gasteiger partial charge in [0.25, 0.3) is 0 Å². The van der Waals surface area contributed by atoms with Crippen molar-refractivity contribution >= 4 is 34.9 Å². The first kappa shape index (κ1) is 18.5. The van der Waals surface area contributed by atoms with Crippen LogP contribution < -0.4 is 25.1 Å². The molecule has 7 heteroatoms. The highest BCUT2D eigenvalue weighted by atomic mass is 32.1. The van der Waals surface area contributed by atoms with Gasteiger partial charge in [-0.1, -0.05) is 12.1 Å². The van der Waals surface area contributed by atoms with Gasteiger partial charge >= 0.3 is 0 Å². The summed E-state index contributed by atoms with van der Waals surface area (Å²) >= 11 is 5.23. The lowest BCUT2D eigenvalue weighted by atomic mass is 10.2. The maximum absolute atomic E-state index is 5.26. The van der Waals surface area contributed by atoms with Crippen LogP contribution in [0.25, 0.3) is 0 Å². The van der Waals surface area contributed by atoms with Crippen molar-refractivity contribution in [1.29, 1.82) is 0 Å². The van der Waals surface area contributed by atoms with Crippen LogP contribution in [0.4, 0.5) is 11.4 Å². The number of nitrogens with zero attached hydrogens (tertiary/aromatic N) is 2. The molecule has 2 aromatic rings. The maximum Gasteiger partial charge on any atom is 0.191 e. The summed E-state index contributed by atoms with van der Waals surface area (Å²) in [5, 5.41) is 7.57. The molecule has 0 heterocycles. The van der Waals surface area contributed by atoms with Gasteiger partial charge in [-0.2, -0.15) is 5.10 Å². The summed E-state index contributed by atoms with van der Waals surface area (Å²) in [5.74, 6) is 1.28. The Labute approximate surface area is 153 Å². The van der Waals surface area contributed by atoms with E-state index in [-0.39, 0.29) is 0 Å². The van der Waals surface area contributed by atoms with Gasteiger partial charge in [-0.05, 0) is 42.0 Å². The SMILES string of the molecule is COc1ccc(NC(=S)N/N=C\c2ccc(N(C)C)cc2)cc1OC. The first-order chi connectivity index (χ1) is 12.0. The highest BCUT2D eigenvalue weighted by Crippen LogP contribution is 2.29. The van der Waals surface area contributed by atoms with E-state index in [1.807, 2.05) is 49.3 Å². The van der Waals surface area contributed by atoms with Crippen molar-refractivity contribution in [2.45, 2.75) is 0 Å². The van der Waals surface area contributed by atoms with E-state index in [1.165, 1.54) is 0 Å². The van der Waals surface area contributed by atoms with Gasteiger partial charge in [0.2, 0.25) is 0 Å². The maximum atomic E-state index is 5.26. The largest absolute Gasteiger partial charge is 0.493 e. The highest BCUT2D eigenvalue weighted by Gasteiger charge is 2.05. The molecule has 2 aromatic carbocycles. The van der Waals surface area contributed by atoms with Gasteiger partial charge in [-0.25, -0.2) is 0 Å². The molecule has 0 amide bonds. The van der Waals surface area contributed by atoms with E-state index >= 15 is 0 Å². The minimum Gasteiger partial charge on any atom is -0.493 e. The summed E-state index contributed by atoms with van der Waals surface area (Å²) in [6, 6.07) is 13.5. The Morgan fingerprint density at radius 3 is 2.32 bits per heavy atom. The number of ether oxygens (including phenoxy) is 2. The number of methoxy groups -OCH3 is 2. The topological polar surface area (TPSA) is 58.1 Å². The minimum absolute atomic E-state index is 0.383. The Bertz CT molecular complexity index is 745. The molecule has 0 radical (unpaired) electrons. The van der Waals surface area contributed by atoms with Crippen molar-refractivity contribution in [2.75, 3.05) is 38.5 Å². The van der Waals surface area contributed by atoms with Crippen molar-refractivity contribution in [3.63, 3.8) is 0 Å². The standard InChI is InChI=1S/C18H22N4O2S/c1-22(2)15-8-5-13(6-9-15)12-19-21-18(25)20-14-7-10-16(23-3)17(11-14)24-4/h5-12H,1-4H3,(H2,20,21,25)/b19-12-. The van der Waals surface area contributed by atoms with Gasteiger partial charge in [-0.3, -0.25) is 5.43 Å². The molecular weight excluding hydrogens is 336 g/mol. The van der Waals surface area contributed by atoms with Crippen LogP contribution in [0.2, 0.25) is 0 Å². The van der Waals surface area contributed by atoms with E-state index in [0.29, 0.717) is 16.6 Å². The average Bonchev–Trinajstić information content (AvgIpc) is 2.62. The number of nitrogens with one attached hydrogen (secondary N) is 2. The number of anilines is 2. The molecule has 0 atom stereocenters. The van der Waals surface area contributed by atoms with Crippen LogP contribution >= 0.6 is 12.2 Å². The molecule has 25 heavy (non-hydrogen) atoms. The Morgan fingerprint density at radius 1 is 1.04 bits per heavy atom. The van der Waals surface area contributed by atoms with E-state index < -0.39 is 0 Å². The summed E-state index contributed by atoms with van der Waals surface area (Å²) in [6.45, 7) is 0. The van der Waals surface area contributed by atoms with Gasteiger partial charge in [0.05, 0.1) is 20.4 Å². The molecule has 0 aliphatic heterocycles. The highest BCUT2D eigenvalue weighted by molar-refractivity contribution is 7.80. The average molecular weight is 358 g/mol. The quantitative estimate of drug-likeness (QED) is 0.470. The van der Waals surface area contributed by atoms with Crippen molar-refractivity contribution in [1.82, 2.24) is 5.43 Å². The van der Waals surface area contributed by atoms with Gasteiger partial charge < -0.3 is 19.7 Å². The molecule has 6 nitrogen and oxygen atoms in total. The lowest BCUT2D eigenvalue weighted by molar-refractivity contribution is 0.355. The van der Waals surface area contributed by atoms with Crippen molar-refractivity contribution in [3.05, 3.63) is 48.0 Å². The fourth-order valence-electron chi connectivity index (χ4n) is 2.10. The molecule has 2 rings (SSSR count). The monoisotopic (exact) mass is 358 g/mol. The third-order valence-electron chi connectivity index (χ3n) is 3.43. The van der Waals surface area contributed by atoms with Gasteiger partial charge in [0.15, 0.2) is 16.6 Å². The number of hydrogen-bond donors (Lipinski definition) is 2. The second-order valence-corrected chi connectivity index (χ2v) is 5.79. The number of hydrogen-bond acceptors (Lipinski definition) is 5. The minimum atomic E-state index is 0.383. The van der Waals surface area contributed by atoms with E-state index in [9.17, 15) is 0 Å². The van der Waals surface area contributed by atoms with Crippen molar-refractivity contribution in [2.24, 2.45) is 5.10 Å². The Kier molecular flexibility index (Phi) is 6.59. The molecule has 0 spiro atoms. The second kappa shape index (κ2) is 8.89. The zero-order valence-corrected chi connectivity index (χ0v) is 15.6. The molecule has 0 saturated heterocycles. The van der Waals surface area contributed by atoms with Crippen molar-refractivity contribution < 1.29 is 9.47 Å². The number of thiocarbonyl (C=S) groups is 1. The second-order valence-electron chi connectivity index (χ2n) is 5.38. The van der Waals surface area contributed by atoms with E-state index in [4.69, 9.17) is 21.7 Å². The van der Waals surface area contributed by atoms with E-state index in [1.54, 1.807) is 32.6 Å². The molecule has 0 unspecified atom stereocenters. The van der Waals surface area contributed by atoms with Crippen LogP contribution in [-0.4, -0.2) is 39.6 Å². The molecule has 0 fully saturated rings.